The van der Waals surface area contributed by atoms with Crippen molar-refractivity contribution in [3.63, 3.8) is 0 Å². The quantitative estimate of drug-likeness (QED) is 0.328. The van der Waals surface area contributed by atoms with Crippen molar-refractivity contribution in [1.29, 1.82) is 0 Å². The topological polar surface area (TPSA) is 35.5 Å². The van der Waals surface area contributed by atoms with E-state index in [2.05, 4.69) is 0 Å². The van der Waals surface area contributed by atoms with Crippen LogP contribution in [0.5, 0.6) is 11.5 Å². The van der Waals surface area contributed by atoms with Crippen LogP contribution in [0.25, 0.3) is 0 Å². The molecule has 0 spiro atoms. The highest BCUT2D eigenvalue weighted by Crippen LogP contribution is 2.64. The highest BCUT2D eigenvalue weighted by Gasteiger charge is 2.48. The van der Waals surface area contributed by atoms with Crippen LogP contribution in [0.15, 0.2) is 36.4 Å². The molecule has 0 aliphatic heterocycles. The minimum absolute atomic E-state index is 0.0435. The Hall–Kier alpha value is 0.01000. The van der Waals surface area contributed by atoms with Gasteiger partial charge in [0.25, 0.3) is 0 Å². The van der Waals surface area contributed by atoms with Crippen LogP contribution in [0.2, 0.25) is 20.1 Å². The van der Waals surface area contributed by atoms with Crippen LogP contribution in [0.4, 0.5) is 0 Å². The van der Waals surface area contributed by atoms with Gasteiger partial charge in [0.05, 0.1) is 10.0 Å². The fourth-order valence-corrected chi connectivity index (χ4v) is 4.15. The van der Waals surface area contributed by atoms with Crippen molar-refractivity contribution in [2.45, 2.75) is 11.0 Å². The maximum atomic E-state index is 13.2. The molecule has 0 aromatic heterocycles. The molecule has 0 saturated carbocycles. The monoisotopic (exact) mass is 466 g/mol. The fraction of sp³-hybridized carbons (Fsp3) is 0.143. The Morgan fingerprint density at radius 1 is 0.833 bits per heavy atom. The molecule has 0 fully saturated rings. The van der Waals surface area contributed by atoms with Crippen LogP contribution in [-0.2, 0) is 4.57 Å². The lowest BCUT2D eigenvalue weighted by Gasteiger charge is -2.27. The first kappa shape index (κ1) is 20.3. The molecule has 0 atom stereocenters. The van der Waals surface area contributed by atoms with E-state index in [1.54, 1.807) is 0 Å². The van der Waals surface area contributed by atoms with Gasteiger partial charge in [0.15, 0.2) is 0 Å². The van der Waals surface area contributed by atoms with Gasteiger partial charge in [0.2, 0.25) is 4.07 Å². The smallest absolute Gasteiger partial charge is 0.413 e. The van der Waals surface area contributed by atoms with E-state index in [-0.39, 0.29) is 21.5 Å². The summed E-state index contributed by atoms with van der Waals surface area (Å²) in [6.07, 6.45) is 0. The van der Waals surface area contributed by atoms with Crippen molar-refractivity contribution < 1.29 is 13.6 Å². The summed E-state index contributed by atoms with van der Waals surface area (Å²) < 4.78 is 22.1. The molecule has 0 unspecified atom stereocenters. The summed E-state index contributed by atoms with van der Waals surface area (Å²) in [4.78, 5) is 0. The fourth-order valence-electron chi connectivity index (χ4n) is 1.54. The molecule has 0 heterocycles. The van der Waals surface area contributed by atoms with Gasteiger partial charge in [-0.1, -0.05) is 69.6 Å². The van der Waals surface area contributed by atoms with E-state index in [0.717, 1.165) is 0 Å². The molecule has 0 amide bonds. The number of alkyl halides is 2. The van der Waals surface area contributed by atoms with Crippen LogP contribution < -0.4 is 9.05 Å². The summed E-state index contributed by atoms with van der Waals surface area (Å²) in [7, 11) is -4.16. The molecule has 130 valence electrons. The zero-order chi connectivity index (χ0) is 18.1. The maximum absolute atomic E-state index is 13.2. The first-order valence-corrected chi connectivity index (χ1v) is 10.1. The van der Waals surface area contributed by atoms with Gasteiger partial charge in [0.1, 0.15) is 11.5 Å². The normalized spacial score (nSPS) is 12.1. The van der Waals surface area contributed by atoms with Gasteiger partial charge in [-0.2, -0.15) is 0 Å². The van der Waals surface area contributed by atoms with Crippen molar-refractivity contribution in [2.24, 2.45) is 0 Å². The molecular formula is C14H9Cl6O3P. The van der Waals surface area contributed by atoms with Gasteiger partial charge < -0.3 is 9.05 Å². The molecule has 24 heavy (non-hydrogen) atoms. The van der Waals surface area contributed by atoms with Crippen molar-refractivity contribution >= 4 is 77.2 Å². The van der Waals surface area contributed by atoms with Crippen molar-refractivity contribution in [1.82, 2.24) is 0 Å². The Morgan fingerprint density at radius 2 is 1.21 bits per heavy atom. The Balaban J connectivity index is 2.41. The third-order valence-corrected chi connectivity index (χ3v) is 6.84. The second kappa shape index (κ2) is 7.72. The zero-order valence-corrected chi connectivity index (χ0v) is 17.3. The predicted octanol–water partition coefficient (Wildman–Crippen LogP) is 8.10. The largest absolute Gasteiger partial charge is 0.466 e. The van der Waals surface area contributed by atoms with Gasteiger partial charge in [-0.25, -0.2) is 4.57 Å². The Bertz CT molecular complexity index is 748. The van der Waals surface area contributed by atoms with E-state index in [1.165, 1.54) is 43.3 Å². The summed E-state index contributed by atoms with van der Waals surface area (Å²) in [5.74, 6) is 0.0871. The van der Waals surface area contributed by atoms with Gasteiger partial charge in [-0.3, -0.25) is 0 Å². The molecule has 2 rings (SSSR count). The zero-order valence-electron chi connectivity index (χ0n) is 11.9. The van der Waals surface area contributed by atoms with Crippen molar-refractivity contribution in [3.8, 4) is 11.5 Å². The van der Waals surface area contributed by atoms with E-state index in [1.807, 2.05) is 0 Å². The first-order valence-electron chi connectivity index (χ1n) is 6.29. The highest BCUT2D eigenvalue weighted by atomic mass is 35.5. The standard InChI is InChI=1S/C14H9Cl6O3P/c1-14(19,20)24(21,22-12-4-2-8(15)6-10(12)17)23-13-5-3-9(16)7-11(13)18/h2-7H,1H3. The molecular weight excluding hydrogens is 460 g/mol. The Morgan fingerprint density at radius 3 is 1.50 bits per heavy atom. The van der Waals surface area contributed by atoms with Crippen LogP contribution >= 0.6 is 77.2 Å². The molecule has 10 heteroatoms. The lowest BCUT2D eigenvalue weighted by Crippen LogP contribution is -2.17. The average Bonchev–Trinajstić information content (AvgIpc) is 2.44. The van der Waals surface area contributed by atoms with E-state index in [0.29, 0.717) is 10.0 Å². The van der Waals surface area contributed by atoms with Crippen LogP contribution in [-0.4, -0.2) is 4.07 Å². The third-order valence-electron chi connectivity index (χ3n) is 2.71. The number of hydrogen-bond donors (Lipinski definition) is 0. The SMILES string of the molecule is CC(Cl)(Cl)P(=O)(Oc1ccc(Cl)cc1Cl)Oc1ccc(Cl)cc1Cl. The molecule has 2 aromatic carbocycles. The molecule has 2 aromatic rings. The third kappa shape index (κ3) is 4.80. The van der Waals surface area contributed by atoms with Gasteiger partial charge in [0, 0.05) is 10.0 Å². The number of benzene rings is 2. The number of hydrogen-bond acceptors (Lipinski definition) is 3. The van der Waals surface area contributed by atoms with E-state index in [9.17, 15) is 4.57 Å². The van der Waals surface area contributed by atoms with Crippen LogP contribution in [0, 0.1) is 0 Å². The molecule has 0 radical (unpaired) electrons. The average molecular weight is 469 g/mol. The minimum Gasteiger partial charge on any atom is -0.413 e. The molecule has 0 bridgehead atoms. The maximum Gasteiger partial charge on any atom is 0.466 e. The van der Waals surface area contributed by atoms with E-state index < -0.39 is 11.7 Å². The lowest BCUT2D eigenvalue weighted by molar-refractivity contribution is 0.380. The number of rotatable bonds is 5. The second-order valence-electron chi connectivity index (χ2n) is 4.67. The summed E-state index contributed by atoms with van der Waals surface area (Å²) >= 11 is 35.7. The molecule has 0 N–H and O–H groups in total. The summed E-state index contributed by atoms with van der Waals surface area (Å²) in [6, 6.07) is 8.67. The Labute approximate surface area is 169 Å². The first-order chi connectivity index (χ1) is 11.0. The highest BCUT2D eigenvalue weighted by molar-refractivity contribution is 7.60. The molecule has 0 saturated heterocycles. The molecule has 3 nitrogen and oxygen atoms in total. The van der Waals surface area contributed by atoms with Crippen LogP contribution in [0.1, 0.15) is 6.92 Å². The van der Waals surface area contributed by atoms with Crippen molar-refractivity contribution in [3.05, 3.63) is 56.5 Å². The van der Waals surface area contributed by atoms with Crippen molar-refractivity contribution in [2.75, 3.05) is 0 Å². The molecule has 0 aliphatic rings. The summed E-state index contributed by atoms with van der Waals surface area (Å²) in [6.45, 7) is 1.27. The summed E-state index contributed by atoms with van der Waals surface area (Å²) in [5.41, 5.74) is 0. The second-order valence-corrected chi connectivity index (χ2v) is 10.8. The van der Waals surface area contributed by atoms with E-state index in [4.69, 9.17) is 78.7 Å². The minimum atomic E-state index is -4.16. The van der Waals surface area contributed by atoms with E-state index >= 15 is 0 Å². The van der Waals surface area contributed by atoms with Gasteiger partial charge in [-0.05, 0) is 43.3 Å². The Kier molecular flexibility index (Phi) is 6.53. The lowest BCUT2D eigenvalue weighted by atomic mass is 10.3. The summed E-state index contributed by atoms with van der Waals surface area (Å²) in [5, 5.41) is 0.990. The van der Waals surface area contributed by atoms with Crippen LogP contribution in [0.3, 0.4) is 0 Å². The number of halogens is 6. The van der Waals surface area contributed by atoms with Gasteiger partial charge in [-0.15, -0.1) is 0 Å². The predicted molar refractivity (Wildman–Crippen MR) is 102 cm³/mol. The van der Waals surface area contributed by atoms with Gasteiger partial charge >= 0.3 is 7.60 Å². The molecule has 0 aliphatic carbocycles.